The molecule has 1 aromatic carbocycles. The van der Waals surface area contributed by atoms with E-state index in [-0.39, 0.29) is 23.2 Å². The molecule has 0 amide bonds. The summed E-state index contributed by atoms with van der Waals surface area (Å²) in [5.74, 6) is 0.305. The molecule has 0 aromatic heterocycles. The van der Waals surface area contributed by atoms with Crippen LogP contribution < -0.4 is 10.5 Å². The first-order chi connectivity index (χ1) is 9.67. The van der Waals surface area contributed by atoms with E-state index in [1.807, 2.05) is 13.8 Å². The van der Waals surface area contributed by atoms with Gasteiger partial charge in [0.05, 0.1) is 9.82 Å². The molecule has 8 heteroatoms. The van der Waals surface area contributed by atoms with Crippen LogP contribution in [0.2, 0.25) is 0 Å². The molecule has 0 aliphatic heterocycles. The van der Waals surface area contributed by atoms with Crippen LogP contribution in [0.3, 0.4) is 0 Å². The Morgan fingerprint density at radius 3 is 2.43 bits per heavy atom. The van der Waals surface area contributed by atoms with Crippen molar-refractivity contribution in [1.82, 2.24) is 4.72 Å². The highest BCUT2D eigenvalue weighted by molar-refractivity contribution is 7.89. The van der Waals surface area contributed by atoms with Gasteiger partial charge in [-0.1, -0.05) is 13.8 Å². The number of nitro groups is 1. The third-order valence-corrected chi connectivity index (χ3v) is 4.56. The first kappa shape index (κ1) is 17.5. The maximum Gasteiger partial charge on any atom is 0.272 e. The van der Waals surface area contributed by atoms with Gasteiger partial charge in [-0.2, -0.15) is 0 Å². The molecule has 0 unspecified atom stereocenters. The van der Waals surface area contributed by atoms with Crippen LogP contribution >= 0.6 is 0 Å². The van der Waals surface area contributed by atoms with Crippen molar-refractivity contribution in [3.63, 3.8) is 0 Å². The smallest absolute Gasteiger partial charge is 0.272 e. The molecule has 0 aliphatic carbocycles. The maximum atomic E-state index is 12.3. The Hall–Kier alpha value is -1.51. The zero-order valence-electron chi connectivity index (χ0n) is 12.4. The Bertz CT molecular complexity index is 614. The number of rotatable bonds is 7. The Kier molecular flexibility index (Phi) is 5.82. The lowest BCUT2D eigenvalue weighted by Crippen LogP contribution is -2.40. The van der Waals surface area contributed by atoms with E-state index in [2.05, 4.69) is 4.72 Å². The van der Waals surface area contributed by atoms with Crippen LogP contribution in [-0.2, 0) is 10.0 Å². The van der Waals surface area contributed by atoms with Gasteiger partial charge in [-0.3, -0.25) is 10.1 Å². The summed E-state index contributed by atoms with van der Waals surface area (Å²) in [7, 11) is -3.73. The van der Waals surface area contributed by atoms with Gasteiger partial charge in [0.2, 0.25) is 10.0 Å². The minimum absolute atomic E-state index is 0.00723. The Balaban J connectivity index is 3.02. The summed E-state index contributed by atoms with van der Waals surface area (Å²) in [6, 6.07) is 3.37. The second kappa shape index (κ2) is 6.97. The number of nitro benzene ring substituents is 1. The summed E-state index contributed by atoms with van der Waals surface area (Å²) in [6.45, 7) is 5.66. The molecular formula is C13H21N3O4S. The van der Waals surface area contributed by atoms with E-state index in [1.165, 1.54) is 25.1 Å². The summed E-state index contributed by atoms with van der Waals surface area (Å²) < 4.78 is 27.1. The number of hydrogen-bond acceptors (Lipinski definition) is 5. The molecule has 21 heavy (non-hydrogen) atoms. The van der Waals surface area contributed by atoms with Crippen LogP contribution in [-0.4, -0.2) is 25.9 Å². The van der Waals surface area contributed by atoms with Crippen molar-refractivity contribution in [3.8, 4) is 0 Å². The SMILES string of the molecule is Cc1cc(S(=O)(=O)N[C@@H](CN)CC(C)C)ccc1[N+](=O)[O-]. The second-order valence-electron chi connectivity index (χ2n) is 5.39. The molecule has 0 aliphatic rings. The molecule has 3 N–H and O–H groups in total. The van der Waals surface area contributed by atoms with Crippen molar-refractivity contribution in [2.45, 2.75) is 38.1 Å². The lowest BCUT2D eigenvalue weighted by atomic mass is 10.1. The highest BCUT2D eigenvalue weighted by Crippen LogP contribution is 2.21. The fourth-order valence-corrected chi connectivity index (χ4v) is 3.40. The van der Waals surface area contributed by atoms with E-state index in [4.69, 9.17) is 5.73 Å². The molecule has 0 radical (unpaired) electrons. The number of nitrogens with zero attached hydrogens (tertiary/aromatic N) is 1. The lowest BCUT2D eigenvalue weighted by Gasteiger charge is -2.19. The molecule has 0 spiro atoms. The average Bonchev–Trinajstić information content (AvgIpc) is 2.36. The molecule has 0 heterocycles. The molecule has 1 atom stereocenters. The van der Waals surface area contributed by atoms with Gasteiger partial charge in [0.1, 0.15) is 0 Å². The first-order valence-electron chi connectivity index (χ1n) is 6.64. The predicted molar refractivity (Wildman–Crippen MR) is 80.5 cm³/mol. The highest BCUT2D eigenvalue weighted by Gasteiger charge is 2.22. The van der Waals surface area contributed by atoms with Crippen molar-refractivity contribution in [2.75, 3.05) is 6.54 Å². The first-order valence-corrected chi connectivity index (χ1v) is 8.13. The Morgan fingerprint density at radius 1 is 1.38 bits per heavy atom. The van der Waals surface area contributed by atoms with Crippen molar-refractivity contribution >= 4 is 15.7 Å². The van der Waals surface area contributed by atoms with E-state index in [9.17, 15) is 18.5 Å². The Labute approximate surface area is 124 Å². The summed E-state index contributed by atoms with van der Waals surface area (Å²) in [5, 5.41) is 10.8. The topological polar surface area (TPSA) is 115 Å². The molecule has 1 rings (SSSR count). The molecule has 1 aromatic rings. The van der Waals surface area contributed by atoms with Crippen LogP contribution in [0.15, 0.2) is 23.1 Å². The van der Waals surface area contributed by atoms with E-state index in [0.29, 0.717) is 17.9 Å². The van der Waals surface area contributed by atoms with Gasteiger partial charge >= 0.3 is 0 Å². The zero-order valence-corrected chi connectivity index (χ0v) is 13.2. The van der Waals surface area contributed by atoms with Gasteiger partial charge < -0.3 is 5.73 Å². The van der Waals surface area contributed by atoms with Crippen molar-refractivity contribution in [3.05, 3.63) is 33.9 Å². The maximum absolute atomic E-state index is 12.3. The number of sulfonamides is 1. The van der Waals surface area contributed by atoms with Gasteiger partial charge in [0.15, 0.2) is 0 Å². The molecule has 7 nitrogen and oxygen atoms in total. The summed E-state index contributed by atoms with van der Waals surface area (Å²) in [6.07, 6.45) is 0.627. The van der Waals surface area contributed by atoms with Crippen LogP contribution in [0, 0.1) is 23.0 Å². The van der Waals surface area contributed by atoms with Crippen molar-refractivity contribution in [2.24, 2.45) is 11.7 Å². The van der Waals surface area contributed by atoms with E-state index >= 15 is 0 Å². The second-order valence-corrected chi connectivity index (χ2v) is 7.10. The highest BCUT2D eigenvalue weighted by atomic mass is 32.2. The van der Waals surface area contributed by atoms with Crippen LogP contribution in [0.1, 0.15) is 25.8 Å². The quantitative estimate of drug-likeness (QED) is 0.585. The number of nitrogens with one attached hydrogen (secondary N) is 1. The normalized spacial score (nSPS) is 13.4. The fourth-order valence-electron chi connectivity index (χ4n) is 2.05. The van der Waals surface area contributed by atoms with Crippen LogP contribution in [0.25, 0.3) is 0 Å². The average molecular weight is 315 g/mol. The van der Waals surface area contributed by atoms with Gasteiger partial charge in [0, 0.05) is 24.2 Å². The number of hydrogen-bond donors (Lipinski definition) is 2. The fraction of sp³-hybridized carbons (Fsp3) is 0.538. The minimum Gasteiger partial charge on any atom is -0.329 e. The lowest BCUT2D eigenvalue weighted by molar-refractivity contribution is -0.385. The number of benzene rings is 1. The molecule has 0 saturated heterocycles. The Morgan fingerprint density at radius 2 is 2.00 bits per heavy atom. The van der Waals surface area contributed by atoms with E-state index in [0.717, 1.165) is 0 Å². The van der Waals surface area contributed by atoms with Gasteiger partial charge in [-0.05, 0) is 31.4 Å². The molecule has 0 bridgehead atoms. The third-order valence-electron chi connectivity index (χ3n) is 3.04. The van der Waals surface area contributed by atoms with Gasteiger partial charge in [-0.25, -0.2) is 13.1 Å². The largest absolute Gasteiger partial charge is 0.329 e. The zero-order chi connectivity index (χ0) is 16.2. The standard InChI is InChI=1S/C13H21N3O4S/c1-9(2)6-11(8-14)15-21(19,20)12-4-5-13(16(17)18)10(3)7-12/h4-5,7,9,11,15H,6,8,14H2,1-3H3/t11-/m1/s1. The monoisotopic (exact) mass is 315 g/mol. The summed E-state index contributed by atoms with van der Waals surface area (Å²) in [5.41, 5.74) is 5.78. The van der Waals surface area contributed by atoms with Gasteiger partial charge in [-0.15, -0.1) is 0 Å². The predicted octanol–water partition coefficient (Wildman–Crippen LogP) is 1.55. The van der Waals surface area contributed by atoms with Crippen molar-refractivity contribution in [1.29, 1.82) is 0 Å². The van der Waals surface area contributed by atoms with E-state index in [1.54, 1.807) is 0 Å². The molecule has 118 valence electrons. The van der Waals surface area contributed by atoms with E-state index < -0.39 is 14.9 Å². The van der Waals surface area contributed by atoms with Crippen molar-refractivity contribution < 1.29 is 13.3 Å². The summed E-state index contributed by atoms with van der Waals surface area (Å²) in [4.78, 5) is 10.2. The minimum atomic E-state index is -3.73. The van der Waals surface area contributed by atoms with Gasteiger partial charge in [0.25, 0.3) is 5.69 Å². The number of aryl methyl sites for hydroxylation is 1. The molecule has 0 saturated carbocycles. The van der Waals surface area contributed by atoms with Crippen LogP contribution in [0.5, 0.6) is 0 Å². The molecular weight excluding hydrogens is 294 g/mol. The third kappa shape index (κ3) is 4.76. The molecule has 0 fully saturated rings. The number of nitrogens with two attached hydrogens (primary N) is 1. The van der Waals surface area contributed by atoms with Crippen LogP contribution in [0.4, 0.5) is 5.69 Å². The summed E-state index contributed by atoms with van der Waals surface area (Å²) >= 11 is 0.